The van der Waals surface area contributed by atoms with Crippen LogP contribution in [0.3, 0.4) is 0 Å². The lowest BCUT2D eigenvalue weighted by Crippen LogP contribution is -2.77. The van der Waals surface area contributed by atoms with E-state index in [-0.39, 0.29) is 220 Å². The molecule has 40 heteroatoms. The number of carbonyl (C=O) groups excluding carboxylic acids is 3. The molecular formula is C58H99N13O27. The van der Waals surface area contributed by atoms with E-state index in [1.54, 1.807) is 12.4 Å². The molecule has 8 fully saturated rings. The smallest absolute Gasteiger partial charge is 0.220 e. The molecule has 10 rings (SSSR count). The average Bonchev–Trinajstić information content (AvgIpc) is 1.01. The summed E-state index contributed by atoms with van der Waals surface area (Å²) in [5, 5.41) is 115. The highest BCUT2D eigenvalue weighted by Crippen LogP contribution is 2.43. The van der Waals surface area contributed by atoms with Crippen molar-refractivity contribution in [3.05, 3.63) is 23.8 Å². The van der Waals surface area contributed by atoms with Crippen molar-refractivity contribution in [1.82, 2.24) is 46.9 Å². The van der Waals surface area contributed by atoms with Gasteiger partial charge in [-0.25, -0.2) is 4.68 Å². The lowest BCUT2D eigenvalue weighted by Gasteiger charge is -2.55. The van der Waals surface area contributed by atoms with Crippen molar-refractivity contribution in [2.45, 2.75) is 141 Å². The molecule has 18 N–H and O–H groups in total. The number of amides is 3. The van der Waals surface area contributed by atoms with Crippen LogP contribution in [0.25, 0.3) is 0 Å². The third-order valence-electron chi connectivity index (χ3n) is 17.5. The number of rotatable bonds is 49. The van der Waals surface area contributed by atoms with Crippen molar-refractivity contribution < 1.29 is 131 Å². The highest BCUT2D eigenvalue weighted by atomic mass is 16.8. The number of nitrogens with two attached hydrogens (primary N) is 2. The van der Waals surface area contributed by atoms with Gasteiger partial charge in [-0.3, -0.25) is 24.4 Å². The summed E-state index contributed by atoms with van der Waals surface area (Å²) in [6.45, 7) is 2.41. The minimum Gasteiger partial charge on any atom is -0.394 e. The van der Waals surface area contributed by atoms with Gasteiger partial charge in [-0.05, 0) is 19.3 Å². The van der Waals surface area contributed by atoms with E-state index in [1.807, 2.05) is 0 Å². The van der Waals surface area contributed by atoms with Gasteiger partial charge in [0.2, 0.25) is 17.7 Å². The topological polar surface area (TPSA) is 543 Å². The quantitative estimate of drug-likeness (QED) is 0.0125. The molecule has 1 aromatic rings. The average molecular weight is 1410 g/mol. The number of hydrogen-bond donors (Lipinski definition) is 16. The number of nitrogens with one attached hydrogen (secondary N) is 5. The normalized spacial score (nSPS) is 31.0. The number of aliphatic imine (C=N–C) groups is 1. The zero-order valence-electron chi connectivity index (χ0n) is 54.7. The third kappa shape index (κ3) is 21.8. The number of hydrazone groups is 1. The number of aromatic nitrogens is 3. The van der Waals surface area contributed by atoms with Gasteiger partial charge in [-0.15, -0.1) is 10.6 Å². The van der Waals surface area contributed by atoms with E-state index in [9.17, 15) is 60.3 Å². The van der Waals surface area contributed by atoms with E-state index in [2.05, 4.69) is 47.3 Å². The first-order chi connectivity index (χ1) is 47.4. The maximum atomic E-state index is 13.0. The van der Waals surface area contributed by atoms with Gasteiger partial charge >= 0.3 is 0 Å². The molecule has 3 amide bonds. The van der Waals surface area contributed by atoms with Gasteiger partial charge in [0.15, 0.2) is 18.9 Å². The molecular weight excluding hydrogens is 1310 g/mol. The van der Waals surface area contributed by atoms with Crippen LogP contribution in [0.2, 0.25) is 0 Å². The van der Waals surface area contributed by atoms with Crippen molar-refractivity contribution >= 4 is 29.6 Å². The number of nitrogens with zero attached hydrogens (tertiary/aromatic N) is 6. The maximum absolute atomic E-state index is 13.0. The summed E-state index contributed by atoms with van der Waals surface area (Å²) in [5.74, 6) is 4.60. The summed E-state index contributed by atoms with van der Waals surface area (Å²) in [6.07, 6.45) is -5.03. The van der Waals surface area contributed by atoms with E-state index in [0.717, 1.165) is 0 Å². The van der Waals surface area contributed by atoms with E-state index < -0.39 is 116 Å². The molecule has 0 aromatic carbocycles. The second-order valence-corrected chi connectivity index (χ2v) is 24.4. The fourth-order valence-corrected chi connectivity index (χ4v) is 11.6. The van der Waals surface area contributed by atoms with Crippen LogP contribution in [0.15, 0.2) is 28.2 Å². The number of hydrazine groups is 2. The molecule has 9 aliphatic heterocycles. The number of hydrogen-bond acceptors (Lipinski definition) is 36. The summed E-state index contributed by atoms with van der Waals surface area (Å²) in [5.41, 5.74) is 7.96. The van der Waals surface area contributed by atoms with Crippen molar-refractivity contribution in [2.24, 2.45) is 21.7 Å². The van der Waals surface area contributed by atoms with Crippen LogP contribution in [-0.2, 0) is 92.0 Å². The number of aliphatic hydroxyl groups excluding tert-OH is 7. The highest BCUT2D eigenvalue weighted by molar-refractivity contribution is 6.31. The Morgan fingerprint density at radius 3 is 1.67 bits per heavy atom. The van der Waals surface area contributed by atoms with Gasteiger partial charge in [0, 0.05) is 56.9 Å². The number of carbonyl (C=O) groups is 3. The molecule has 0 radical (unpaired) electrons. The Hall–Kier alpha value is -5.01. The highest BCUT2D eigenvalue weighted by Gasteiger charge is 2.63. The molecule has 40 nitrogen and oxygen atoms in total. The Kier molecular flexibility index (Phi) is 31.7. The van der Waals surface area contributed by atoms with Crippen LogP contribution in [0.1, 0.15) is 50.3 Å². The summed E-state index contributed by atoms with van der Waals surface area (Å²) in [4.78, 5) is 43.2. The zero-order valence-corrected chi connectivity index (χ0v) is 54.7. The number of ether oxygens (including phenoxy) is 15. The molecule has 0 saturated carbocycles. The largest absolute Gasteiger partial charge is 0.394 e. The Balaban J connectivity index is 0.652. The molecule has 0 spiro atoms. The monoisotopic (exact) mass is 1410 g/mol. The third-order valence-corrected chi connectivity index (χ3v) is 17.5. The molecule has 558 valence electrons. The standard InChI is InChI=1S/C58H99N13O27/c59-55(4-1-42(75)61-7-10-84-13-16-87-19-22-90-30-37(65-60)25-64-45-49(79)57(82)35-94-52(45)96-40(57)28-72,5-2-43(76)62-8-11-85-14-17-88-20-23-91-31-38-26-70(68-66-38)46-48(78)51(81)56(33-74)34-93-54(46)98-56)6-3-44(77)63-9-12-86-15-18-89-21-24-92-32-39-27-71(69-67-39)47-50(80)58(83)36-95-53(47)97-41(58)29-73/h25-27,40-41,45-54,67,69,72-74,78-83H,1-24,28-36,59-60H2,(H,61,75)(H,62,76)(H,63,77)/t40-,41-,45-,46-,47-,48-,49-,50-,51-,52-,53-,54-,55?,56+,57?,58?/m1/s1. The summed E-state index contributed by atoms with van der Waals surface area (Å²) in [6, 6.07) is -2.66. The van der Waals surface area contributed by atoms with Gasteiger partial charge in [0.05, 0.1) is 170 Å². The molecule has 98 heavy (non-hydrogen) atoms. The molecule has 10 heterocycles. The molecule has 3 unspecified atom stereocenters. The second-order valence-electron chi connectivity index (χ2n) is 24.4. The number of aliphatic hydroxyl groups is 9. The second kappa shape index (κ2) is 39.4. The molecule has 16 atom stereocenters. The van der Waals surface area contributed by atoms with Crippen LogP contribution in [0.5, 0.6) is 0 Å². The first-order valence-corrected chi connectivity index (χ1v) is 32.7. The lowest BCUT2D eigenvalue weighted by atomic mass is 9.81. The van der Waals surface area contributed by atoms with Crippen LogP contribution < -0.4 is 38.5 Å². The fourth-order valence-electron chi connectivity index (χ4n) is 11.6. The molecule has 6 bridgehead atoms. The predicted octanol–water partition coefficient (Wildman–Crippen LogP) is -9.34. The Morgan fingerprint density at radius 1 is 0.643 bits per heavy atom. The van der Waals surface area contributed by atoms with E-state index >= 15 is 0 Å². The minimum absolute atomic E-state index is 0.0160. The van der Waals surface area contributed by atoms with Gasteiger partial charge < -0.3 is 150 Å². The van der Waals surface area contributed by atoms with E-state index in [4.69, 9.17) is 82.6 Å². The molecule has 0 aliphatic carbocycles. The number of fused-ring (bicyclic) bond motifs is 8. The molecule has 8 saturated heterocycles. The van der Waals surface area contributed by atoms with Gasteiger partial charge in [0.1, 0.15) is 83.0 Å². The van der Waals surface area contributed by atoms with Crippen LogP contribution in [0, 0.1) is 0 Å². The lowest BCUT2D eigenvalue weighted by molar-refractivity contribution is -0.381. The predicted molar refractivity (Wildman–Crippen MR) is 331 cm³/mol. The fraction of sp³-hybridized carbons (Fsp3) is 0.845. The van der Waals surface area contributed by atoms with Gasteiger partial charge in [-0.2, -0.15) is 5.10 Å². The SMILES string of the molecule is NN=C(C=N[C@H]1[C@@H]2OCC(O)([C@@H]1O)[C@@H](CO)O2)COCCOCCOCCNC(=O)CCC(N)(CCC(=O)NCCOCCOCCOCC1=CN([C@H]2[C@@H]3OCC(O)([C@@H]2O)[C@@H](CO)O3)NN1)CCC(=O)NCCOCCOCCOCc1cn([C@H]2[C@@H]3OC[C@](CO)(O3)[C@H](O)[C@@H]2O)nn1. The minimum atomic E-state index is -1.82. The van der Waals surface area contributed by atoms with Crippen LogP contribution >= 0.6 is 0 Å². The van der Waals surface area contributed by atoms with Crippen molar-refractivity contribution in [3.8, 4) is 0 Å². The summed E-state index contributed by atoms with van der Waals surface area (Å²) >= 11 is 0. The molecule has 1 aromatic heterocycles. The van der Waals surface area contributed by atoms with Gasteiger partial charge in [-0.1, -0.05) is 5.21 Å². The zero-order chi connectivity index (χ0) is 70.0. The van der Waals surface area contributed by atoms with E-state index in [0.29, 0.717) is 11.4 Å². The van der Waals surface area contributed by atoms with Crippen molar-refractivity contribution in [2.75, 3.05) is 172 Å². The summed E-state index contributed by atoms with van der Waals surface area (Å²) < 4.78 is 85.1. The Morgan fingerprint density at radius 2 is 1.13 bits per heavy atom. The Bertz CT molecular complexity index is 2680. The van der Waals surface area contributed by atoms with Crippen LogP contribution in [0.4, 0.5) is 0 Å². The van der Waals surface area contributed by atoms with Gasteiger partial charge in [0.25, 0.3) is 0 Å². The maximum Gasteiger partial charge on any atom is 0.220 e. The first kappa shape index (κ1) is 78.7. The molecule has 9 aliphatic rings. The Labute approximate surface area is 564 Å². The first-order valence-electron chi connectivity index (χ1n) is 32.7. The van der Waals surface area contributed by atoms with Crippen LogP contribution in [-0.4, -0.2) is 357 Å². The van der Waals surface area contributed by atoms with Crippen molar-refractivity contribution in [1.29, 1.82) is 0 Å². The van der Waals surface area contributed by atoms with Crippen molar-refractivity contribution in [3.63, 3.8) is 0 Å². The van der Waals surface area contributed by atoms with E-state index in [1.165, 1.54) is 15.9 Å². The summed E-state index contributed by atoms with van der Waals surface area (Å²) in [7, 11) is 0.